The highest BCUT2D eigenvalue weighted by atomic mass is 16.5. The Morgan fingerprint density at radius 2 is 1.89 bits per heavy atom. The number of hydrogen-bond acceptors (Lipinski definition) is 4. The summed E-state index contributed by atoms with van der Waals surface area (Å²) in [5.74, 6) is 1.69. The largest absolute Gasteiger partial charge is 0.494 e. The van der Waals surface area contributed by atoms with Crippen molar-refractivity contribution in [3.8, 4) is 17.1 Å². The summed E-state index contributed by atoms with van der Waals surface area (Å²) < 4.78 is 5.55. The fraction of sp³-hybridized carbons (Fsp3) is 0.214. The Hall–Kier alpha value is -2.43. The minimum absolute atomic E-state index is 0.737. The summed E-state index contributed by atoms with van der Waals surface area (Å²) in [6, 6.07) is 7.89. The van der Waals surface area contributed by atoms with Gasteiger partial charge in [-0.25, -0.2) is 4.98 Å². The summed E-state index contributed by atoms with van der Waals surface area (Å²) in [7, 11) is 0. The van der Waals surface area contributed by atoms with Crippen LogP contribution in [0.5, 0.6) is 5.75 Å². The highest BCUT2D eigenvalue weighted by Crippen LogP contribution is 2.22. The number of nitrogens with one attached hydrogen (secondary N) is 1. The summed E-state index contributed by atoms with van der Waals surface area (Å²) in [5.41, 5.74) is 2.72. The minimum atomic E-state index is 0.737. The quantitative estimate of drug-likeness (QED) is 0.777. The molecule has 0 atom stereocenters. The van der Waals surface area contributed by atoms with Crippen molar-refractivity contribution >= 4 is 11.0 Å². The summed E-state index contributed by atoms with van der Waals surface area (Å²) in [5, 5.41) is 7.64. The molecule has 0 aliphatic carbocycles. The van der Waals surface area contributed by atoms with Gasteiger partial charge >= 0.3 is 0 Å². The molecule has 3 rings (SSSR count). The lowest BCUT2D eigenvalue weighted by molar-refractivity contribution is 0.317. The first-order valence-corrected chi connectivity index (χ1v) is 6.26. The summed E-state index contributed by atoms with van der Waals surface area (Å²) in [6.07, 6.45) is 4.32. The number of ether oxygens (including phenoxy) is 1. The molecule has 0 bridgehead atoms. The third-order valence-electron chi connectivity index (χ3n) is 2.80. The van der Waals surface area contributed by atoms with E-state index in [9.17, 15) is 0 Å². The highest BCUT2D eigenvalue weighted by molar-refractivity contribution is 5.77. The number of nitrogens with zero attached hydrogens (tertiary/aromatic N) is 3. The van der Waals surface area contributed by atoms with Gasteiger partial charge in [-0.05, 0) is 30.7 Å². The van der Waals surface area contributed by atoms with Crippen LogP contribution in [0.15, 0.2) is 36.7 Å². The van der Waals surface area contributed by atoms with Gasteiger partial charge in [0.25, 0.3) is 0 Å². The molecule has 1 aromatic carbocycles. The molecule has 0 saturated heterocycles. The van der Waals surface area contributed by atoms with Gasteiger partial charge in [-0.1, -0.05) is 6.92 Å². The van der Waals surface area contributed by atoms with Crippen molar-refractivity contribution in [3.05, 3.63) is 36.7 Å². The predicted octanol–water partition coefficient (Wildman–Crippen LogP) is 2.81. The third kappa shape index (κ3) is 2.40. The Balaban J connectivity index is 1.88. The van der Waals surface area contributed by atoms with Crippen molar-refractivity contribution in [3.63, 3.8) is 0 Å². The van der Waals surface area contributed by atoms with E-state index in [0.29, 0.717) is 0 Å². The molecular weight excluding hydrogens is 240 g/mol. The lowest BCUT2D eigenvalue weighted by Gasteiger charge is -2.04. The number of fused-ring (bicyclic) bond motifs is 1. The van der Waals surface area contributed by atoms with Crippen molar-refractivity contribution in [2.24, 2.45) is 0 Å². The first-order valence-electron chi connectivity index (χ1n) is 6.26. The molecule has 0 radical (unpaired) electrons. The number of hydrogen-bond donors (Lipinski definition) is 1. The van der Waals surface area contributed by atoms with Gasteiger partial charge in [-0.15, -0.1) is 0 Å². The van der Waals surface area contributed by atoms with Gasteiger partial charge in [-0.2, -0.15) is 10.2 Å². The minimum Gasteiger partial charge on any atom is -0.494 e. The number of aromatic amines is 1. The van der Waals surface area contributed by atoms with Crippen LogP contribution in [0.2, 0.25) is 0 Å². The van der Waals surface area contributed by atoms with Crippen LogP contribution >= 0.6 is 0 Å². The van der Waals surface area contributed by atoms with Crippen molar-refractivity contribution in [2.75, 3.05) is 6.61 Å². The van der Waals surface area contributed by atoms with Gasteiger partial charge in [0, 0.05) is 5.56 Å². The van der Waals surface area contributed by atoms with Gasteiger partial charge in [0.2, 0.25) is 0 Å². The van der Waals surface area contributed by atoms with Crippen LogP contribution in [0, 0.1) is 0 Å². The standard InChI is InChI=1S/C14H14N4O/c1-2-7-19-11-5-3-10(4-6-11)14-17-12-8-15-16-9-13(12)18-14/h3-6,8-9H,2,7H2,1H3,(H,17,18). The van der Waals surface area contributed by atoms with Crippen LogP contribution in [0.25, 0.3) is 22.4 Å². The van der Waals surface area contributed by atoms with E-state index in [4.69, 9.17) is 4.74 Å². The topological polar surface area (TPSA) is 63.7 Å². The lowest BCUT2D eigenvalue weighted by Crippen LogP contribution is -1.94. The molecule has 0 saturated carbocycles. The average molecular weight is 254 g/mol. The number of rotatable bonds is 4. The molecular formula is C14H14N4O. The van der Waals surface area contributed by atoms with Gasteiger partial charge in [0.15, 0.2) is 0 Å². The molecule has 19 heavy (non-hydrogen) atoms. The van der Waals surface area contributed by atoms with E-state index in [2.05, 4.69) is 27.1 Å². The number of benzene rings is 1. The Morgan fingerprint density at radius 3 is 2.63 bits per heavy atom. The summed E-state index contributed by atoms with van der Waals surface area (Å²) in [4.78, 5) is 7.70. The zero-order valence-electron chi connectivity index (χ0n) is 10.6. The maximum absolute atomic E-state index is 5.55. The molecule has 3 aromatic rings. The van der Waals surface area contributed by atoms with Gasteiger partial charge < -0.3 is 9.72 Å². The Labute approximate surface area is 110 Å². The van der Waals surface area contributed by atoms with Crippen LogP contribution < -0.4 is 4.74 Å². The Bertz CT molecular complexity index is 642. The number of aromatic nitrogens is 4. The van der Waals surface area contributed by atoms with Crippen molar-refractivity contribution in [2.45, 2.75) is 13.3 Å². The number of imidazole rings is 1. The molecule has 2 heterocycles. The van der Waals surface area contributed by atoms with Crippen molar-refractivity contribution < 1.29 is 4.74 Å². The van der Waals surface area contributed by atoms with E-state index < -0.39 is 0 Å². The maximum atomic E-state index is 5.55. The average Bonchev–Trinajstić information content (AvgIpc) is 2.89. The van der Waals surface area contributed by atoms with Crippen LogP contribution in [0.4, 0.5) is 0 Å². The molecule has 5 nitrogen and oxygen atoms in total. The lowest BCUT2D eigenvalue weighted by atomic mass is 10.2. The Kier molecular flexibility index (Phi) is 3.10. The molecule has 2 aromatic heterocycles. The second-order valence-electron chi connectivity index (χ2n) is 4.25. The molecule has 0 aliphatic heterocycles. The first-order chi connectivity index (χ1) is 9.36. The van der Waals surface area contributed by atoms with Crippen molar-refractivity contribution in [1.82, 2.24) is 20.2 Å². The van der Waals surface area contributed by atoms with Crippen LogP contribution in [0.3, 0.4) is 0 Å². The van der Waals surface area contributed by atoms with Crippen LogP contribution in [-0.4, -0.2) is 26.8 Å². The maximum Gasteiger partial charge on any atom is 0.138 e. The number of H-pyrrole nitrogens is 1. The van der Waals surface area contributed by atoms with E-state index in [-0.39, 0.29) is 0 Å². The Morgan fingerprint density at radius 1 is 1.11 bits per heavy atom. The monoisotopic (exact) mass is 254 g/mol. The van der Waals surface area contributed by atoms with E-state index >= 15 is 0 Å². The smallest absolute Gasteiger partial charge is 0.138 e. The van der Waals surface area contributed by atoms with Crippen LogP contribution in [-0.2, 0) is 0 Å². The van der Waals surface area contributed by atoms with E-state index in [1.165, 1.54) is 0 Å². The fourth-order valence-corrected chi connectivity index (χ4v) is 1.84. The molecule has 1 N–H and O–H groups in total. The van der Waals surface area contributed by atoms with Gasteiger partial charge in [-0.3, -0.25) is 0 Å². The molecule has 0 unspecified atom stereocenters. The zero-order valence-corrected chi connectivity index (χ0v) is 10.6. The second-order valence-corrected chi connectivity index (χ2v) is 4.25. The first kappa shape index (κ1) is 11.6. The molecule has 0 amide bonds. The SMILES string of the molecule is CCCOc1ccc(-c2nc3cnncc3[nH]2)cc1. The van der Waals surface area contributed by atoms with E-state index in [1.807, 2.05) is 24.3 Å². The van der Waals surface area contributed by atoms with E-state index in [0.717, 1.165) is 41.2 Å². The van der Waals surface area contributed by atoms with Gasteiger partial charge in [0.05, 0.1) is 24.5 Å². The summed E-state index contributed by atoms with van der Waals surface area (Å²) >= 11 is 0. The third-order valence-corrected chi connectivity index (χ3v) is 2.80. The normalized spacial score (nSPS) is 10.8. The molecule has 0 fully saturated rings. The van der Waals surface area contributed by atoms with Crippen LogP contribution in [0.1, 0.15) is 13.3 Å². The second kappa shape index (κ2) is 5.06. The highest BCUT2D eigenvalue weighted by Gasteiger charge is 2.05. The molecule has 0 aliphatic rings. The predicted molar refractivity (Wildman–Crippen MR) is 72.9 cm³/mol. The molecule has 0 spiro atoms. The molecule has 96 valence electrons. The molecule has 5 heteroatoms. The summed E-state index contributed by atoms with van der Waals surface area (Å²) in [6.45, 7) is 2.83. The van der Waals surface area contributed by atoms with Crippen molar-refractivity contribution in [1.29, 1.82) is 0 Å². The van der Waals surface area contributed by atoms with Gasteiger partial charge in [0.1, 0.15) is 17.1 Å². The fourth-order valence-electron chi connectivity index (χ4n) is 1.84. The zero-order chi connectivity index (χ0) is 13.1. The van der Waals surface area contributed by atoms with E-state index in [1.54, 1.807) is 12.4 Å².